The zero-order chi connectivity index (χ0) is 97.2. The summed E-state index contributed by atoms with van der Waals surface area (Å²) in [4.78, 5) is 0. The molecule has 0 amide bonds. The minimum atomic E-state index is -0.826. The number of unbranched alkanes of at least 4 members (excludes halogenated alkanes) is 4. The average Bonchev–Trinajstić information content (AvgIpc) is 1.71. The standard InChI is InChI=1S/C18H22.2C17H20.C12H16.C10H18.4C9H18.C9H16.10CH3.10ClH.5Zr/c1-2-7-15(8-3-1)9-6-11-17-14-13-16-10-4-5-12-18(16)17;2*1-2-6-14(7-3-1)10-11-16-13-12-15-8-4-5-9-17(15)16;1-2-5-10-8-9-11-6-3-4-7-12(10)11;1-3-4-5-10-7-6-9(2)8-10;5*1-2-3-6-9-7-4-5-8-9;;;;;;;;;;;;;;;;;;;;;;;;;/h1-5,7-8,10,12,16-18H,6,9,11,13-14H2;2*1-9,15-17H,10-13H2;2-4,6-7,10-12H,1,5,8-9H2;3,9-10H,1,4-8H2,2H3;4*9H,2-8H2,1H3;2,9H,1,3-8H2;10*1H3;10*1H;;;;;/q;;;;;;;;;;10*-1;;;;;;;;;;;5*+4/p-10. The Balaban J connectivity index is -0.000000235. The van der Waals surface area contributed by atoms with E-state index in [-0.39, 0.29) is 74.3 Å². The van der Waals surface area contributed by atoms with Gasteiger partial charge in [-0.1, -0.05) is 459 Å². The molecular weight excluding hydrogens is 2360 g/mol. The topological polar surface area (TPSA) is 0 Å². The molecule has 3 aromatic rings. The minimum absolute atomic E-state index is 0. The van der Waals surface area contributed by atoms with Gasteiger partial charge >= 0.3 is 189 Å². The van der Waals surface area contributed by atoms with Gasteiger partial charge in [-0.15, -0.1) is 19.7 Å². The van der Waals surface area contributed by atoms with Gasteiger partial charge in [0.1, 0.15) is 0 Å². The van der Waals surface area contributed by atoms with E-state index in [0.29, 0.717) is 0 Å². The van der Waals surface area contributed by atoms with Crippen LogP contribution in [0.5, 0.6) is 0 Å². The molecule has 10 saturated carbocycles. The van der Waals surface area contributed by atoms with Crippen LogP contribution < -0.4 is 0 Å². The van der Waals surface area contributed by atoms with Gasteiger partial charge in [-0.2, -0.15) is 0 Å². The first-order chi connectivity index (χ1) is 65.8. The number of allylic oxidation sites excluding steroid dienone is 19. The van der Waals surface area contributed by atoms with Crippen LogP contribution in [0.1, 0.15) is 385 Å². The van der Waals surface area contributed by atoms with Crippen LogP contribution in [0.25, 0.3) is 0 Å². The van der Waals surface area contributed by atoms with Crippen molar-refractivity contribution in [2.75, 3.05) is 0 Å². The molecule has 10 fully saturated rings. The van der Waals surface area contributed by atoms with Crippen LogP contribution in [-0.4, -0.2) is 0 Å². The molecule has 0 bridgehead atoms. The van der Waals surface area contributed by atoms with Gasteiger partial charge in [0.15, 0.2) is 0 Å². The van der Waals surface area contributed by atoms with Crippen LogP contribution in [-0.2, 0) is 124 Å². The maximum atomic E-state index is 4.93. The normalized spacial score (nSPS) is 23.2. The van der Waals surface area contributed by atoms with Gasteiger partial charge in [-0.3, -0.25) is 0 Å². The van der Waals surface area contributed by atoms with Crippen LogP contribution >= 0.6 is 85.1 Å². The Labute approximate surface area is 994 Å². The third kappa shape index (κ3) is 79.1. The number of hydrogen-bond donors (Lipinski definition) is 0. The second kappa shape index (κ2) is 115. The van der Waals surface area contributed by atoms with Gasteiger partial charge in [0, 0.05) is 0 Å². The molecule has 0 saturated heterocycles. The number of hydrogen-bond acceptors (Lipinski definition) is 0. The Morgan fingerprint density at radius 2 is 0.486 bits per heavy atom. The van der Waals surface area contributed by atoms with E-state index in [1.807, 2.05) is 12.2 Å². The molecule has 0 aliphatic heterocycles. The van der Waals surface area contributed by atoms with E-state index in [2.05, 4.69) is 249 Å². The van der Waals surface area contributed by atoms with Gasteiger partial charge in [0.05, 0.1) is 0 Å². The van der Waals surface area contributed by atoms with Crippen molar-refractivity contribution in [1.82, 2.24) is 0 Å². The molecule has 0 radical (unpaired) electrons. The Morgan fingerprint density at radius 1 is 0.250 bits per heavy atom. The van der Waals surface area contributed by atoms with Gasteiger partial charge < -0.3 is 74.3 Å². The van der Waals surface area contributed by atoms with Crippen molar-refractivity contribution in [2.45, 2.75) is 388 Å². The summed E-state index contributed by atoms with van der Waals surface area (Å²) in [7, 11) is 49.3. The molecule has 15 heteroatoms. The maximum absolute atomic E-state index is 4.93. The van der Waals surface area contributed by atoms with Gasteiger partial charge in [0.25, 0.3) is 0 Å². The van der Waals surface area contributed by atoms with Crippen molar-refractivity contribution < 1.29 is 104 Å². The summed E-state index contributed by atoms with van der Waals surface area (Å²) in [5.41, 5.74) is 4.48. The third-order valence-electron chi connectivity index (χ3n) is 31.1. The van der Waals surface area contributed by atoms with Crippen molar-refractivity contribution in [3.8, 4) is 0 Å². The van der Waals surface area contributed by atoms with Crippen LogP contribution in [0.15, 0.2) is 226 Å². The fourth-order valence-corrected chi connectivity index (χ4v) is 23.7. The predicted molar refractivity (Wildman–Crippen MR) is 652 cm³/mol. The molecule has 3 aromatic carbocycles. The van der Waals surface area contributed by atoms with Crippen LogP contribution in [0.4, 0.5) is 0 Å². The fraction of sp³-hybridized carbons (Fsp3) is 0.612. The average molecular weight is 2580 g/mol. The molecular formula is C129H214Cl10Zr5. The molecule has 14 unspecified atom stereocenters. The van der Waals surface area contributed by atoms with Crippen LogP contribution in [0, 0.1) is 187 Å². The van der Waals surface area contributed by atoms with E-state index < -0.39 is 104 Å². The molecule has 17 rings (SSSR count). The molecule has 144 heavy (non-hydrogen) atoms. The number of fused-ring (bicyclic) bond motifs is 4. The van der Waals surface area contributed by atoms with Crippen molar-refractivity contribution in [1.29, 1.82) is 0 Å². The van der Waals surface area contributed by atoms with Crippen molar-refractivity contribution in [3.63, 3.8) is 0 Å². The van der Waals surface area contributed by atoms with Gasteiger partial charge in [-0.25, -0.2) is 0 Å². The molecule has 0 aromatic heterocycles. The summed E-state index contributed by atoms with van der Waals surface area (Å²) in [5.74, 6) is 17.8. The molecule has 0 nitrogen and oxygen atoms in total. The van der Waals surface area contributed by atoms with Crippen molar-refractivity contribution in [3.05, 3.63) is 317 Å². The van der Waals surface area contributed by atoms with Crippen LogP contribution in [0.2, 0.25) is 0 Å². The Hall–Kier alpha value is 2.12. The zero-order valence-electron chi connectivity index (χ0n) is 94.4. The van der Waals surface area contributed by atoms with E-state index in [1.54, 1.807) is 0 Å². The first kappa shape index (κ1) is 161. The Bertz CT molecular complexity index is 3220. The van der Waals surface area contributed by atoms with Crippen LogP contribution in [0.3, 0.4) is 0 Å². The molecule has 0 N–H and O–H groups in total. The first-order valence-corrected chi connectivity index (χ1v) is 85.6. The van der Waals surface area contributed by atoms with E-state index in [1.165, 1.54) is 370 Å². The van der Waals surface area contributed by atoms with E-state index in [4.69, 9.17) is 85.1 Å². The first-order valence-electron chi connectivity index (χ1n) is 53.9. The molecule has 14 aliphatic carbocycles. The number of benzene rings is 3. The molecule has 0 spiro atoms. The summed E-state index contributed by atoms with van der Waals surface area (Å²) >= 11 is -4.13. The van der Waals surface area contributed by atoms with Gasteiger partial charge in [0.2, 0.25) is 0 Å². The molecule has 820 valence electrons. The Morgan fingerprint density at radius 3 is 0.736 bits per heavy atom. The SMILES string of the molecule is C1=CC2CCC(CCCc3ccccc3)C2C=C1.C1=CC2CCC(CCc3ccccc3)C2C=C1.C1=CC2CCC(CCc3ccccc3)C2C=C1.C=CCC1CCC2C=CC=CC21.C=CCCC1CCC(C)C1.C=CCCC1CCCC1.CCCCC1CCCC1.CCCCC1CCCC1.CCCCC1CCCC1.CCCCC1CCCC1.[CH3-].[CH3-].[CH3-].[CH3-].[CH3-].[CH3-].[CH3-].[CH3-].[CH3-].[CH3-].[Cl][Zr+2][Cl].[Cl][Zr+2][Cl].[Cl][Zr+2][Cl].[Cl][Zr+2][Cl].[Cl][Zr+2][Cl]. The van der Waals surface area contributed by atoms with Gasteiger partial charge in [-0.05, 0) is 264 Å². The Kier molecular flexibility index (Phi) is 128. The second-order valence-corrected chi connectivity index (χ2v) is 59.2. The number of aryl methyl sites for hydroxylation is 3. The second-order valence-electron chi connectivity index (χ2n) is 40.5. The number of rotatable bonds is 30. The molecule has 14 aliphatic rings. The predicted octanol–water partition coefficient (Wildman–Crippen LogP) is 48.3. The summed E-state index contributed by atoms with van der Waals surface area (Å²) in [6.45, 7) is 22.8. The third-order valence-corrected chi connectivity index (χ3v) is 31.1. The quantitative estimate of drug-likeness (QED) is 0.0461. The van der Waals surface area contributed by atoms with Crippen molar-refractivity contribution in [2.24, 2.45) is 112 Å². The van der Waals surface area contributed by atoms with E-state index in [0.717, 1.165) is 112 Å². The monoisotopic (exact) mass is 2560 g/mol. The van der Waals surface area contributed by atoms with E-state index >= 15 is 0 Å². The number of halogens is 10. The summed E-state index contributed by atoms with van der Waals surface area (Å²) < 4.78 is 0. The zero-order valence-corrected chi connectivity index (χ0v) is 114. The molecule has 14 atom stereocenters. The molecule has 0 heterocycles. The summed E-state index contributed by atoms with van der Waals surface area (Å²) in [5, 5.41) is 0. The van der Waals surface area contributed by atoms with Crippen molar-refractivity contribution >= 4 is 85.1 Å². The summed E-state index contributed by atoms with van der Waals surface area (Å²) in [6.07, 6.45) is 122. The van der Waals surface area contributed by atoms with E-state index in [9.17, 15) is 0 Å². The summed E-state index contributed by atoms with van der Waals surface area (Å²) in [6, 6.07) is 32.7. The fourth-order valence-electron chi connectivity index (χ4n) is 23.7.